The molecule has 0 radical (unpaired) electrons. The molecule has 0 aliphatic rings. The standard InChI is InChI=1S/C19H15F2N3O3/c1-12(18-23-15-4-2-3-5-16(15)24(18)19(20)21)27-17(25)11-26-14-8-6-13(10-22)7-9-14/h2-9,12,19H,11H2,1H3. The van der Waals surface area contributed by atoms with Gasteiger partial charge in [-0.15, -0.1) is 0 Å². The van der Waals surface area contributed by atoms with Crippen LogP contribution < -0.4 is 4.74 Å². The van der Waals surface area contributed by atoms with Crippen molar-refractivity contribution in [2.24, 2.45) is 0 Å². The molecule has 0 aliphatic carbocycles. The predicted octanol–water partition coefficient (Wildman–Crippen LogP) is 3.99. The number of halogens is 2. The van der Waals surface area contributed by atoms with E-state index in [1.807, 2.05) is 6.07 Å². The van der Waals surface area contributed by atoms with Gasteiger partial charge in [0.2, 0.25) is 0 Å². The van der Waals surface area contributed by atoms with Crippen LogP contribution in [0.5, 0.6) is 5.75 Å². The summed E-state index contributed by atoms with van der Waals surface area (Å²) in [6.45, 7) is -1.74. The van der Waals surface area contributed by atoms with Crippen molar-refractivity contribution in [3.8, 4) is 11.8 Å². The zero-order valence-corrected chi connectivity index (χ0v) is 14.3. The predicted molar refractivity (Wildman–Crippen MR) is 92.1 cm³/mol. The van der Waals surface area contributed by atoms with E-state index in [2.05, 4.69) is 4.98 Å². The van der Waals surface area contributed by atoms with E-state index in [-0.39, 0.29) is 11.3 Å². The van der Waals surface area contributed by atoms with Crippen LogP contribution in [0.15, 0.2) is 48.5 Å². The molecule has 0 bridgehead atoms. The Balaban J connectivity index is 1.68. The van der Waals surface area contributed by atoms with E-state index >= 15 is 0 Å². The third kappa shape index (κ3) is 4.03. The molecular weight excluding hydrogens is 356 g/mol. The molecule has 138 valence electrons. The Morgan fingerprint density at radius 2 is 1.93 bits per heavy atom. The van der Waals surface area contributed by atoms with Gasteiger partial charge in [-0.25, -0.2) is 9.78 Å². The summed E-state index contributed by atoms with van der Waals surface area (Å²) in [5, 5.41) is 8.74. The monoisotopic (exact) mass is 371 g/mol. The second-order valence-corrected chi connectivity index (χ2v) is 5.66. The number of para-hydroxylation sites is 2. The fourth-order valence-electron chi connectivity index (χ4n) is 2.61. The fourth-order valence-corrected chi connectivity index (χ4v) is 2.61. The summed E-state index contributed by atoms with van der Waals surface area (Å²) in [6.07, 6.45) is -0.983. The second kappa shape index (κ2) is 7.83. The summed E-state index contributed by atoms with van der Waals surface area (Å²) >= 11 is 0. The molecular formula is C19H15F2N3O3. The average molecular weight is 371 g/mol. The summed E-state index contributed by atoms with van der Waals surface area (Å²) in [5.74, 6) is -0.379. The van der Waals surface area contributed by atoms with E-state index in [9.17, 15) is 13.6 Å². The summed E-state index contributed by atoms with van der Waals surface area (Å²) in [4.78, 5) is 16.2. The lowest BCUT2D eigenvalue weighted by Crippen LogP contribution is -2.19. The maximum absolute atomic E-state index is 13.5. The normalized spacial score (nSPS) is 12.0. The molecule has 0 aliphatic heterocycles. The van der Waals surface area contributed by atoms with Crippen LogP contribution >= 0.6 is 0 Å². The number of alkyl halides is 2. The molecule has 1 unspecified atom stereocenters. The van der Waals surface area contributed by atoms with Gasteiger partial charge in [0, 0.05) is 0 Å². The largest absolute Gasteiger partial charge is 0.482 e. The average Bonchev–Trinajstić information content (AvgIpc) is 3.07. The SMILES string of the molecule is CC(OC(=O)COc1ccc(C#N)cc1)c1nc2ccccc2n1C(F)F. The third-order valence-corrected chi connectivity index (χ3v) is 3.83. The lowest BCUT2D eigenvalue weighted by molar-refractivity contribution is -0.151. The molecule has 0 saturated carbocycles. The van der Waals surface area contributed by atoms with Gasteiger partial charge in [0.1, 0.15) is 5.75 Å². The molecule has 0 N–H and O–H groups in total. The number of aromatic nitrogens is 2. The summed E-state index contributed by atoms with van der Waals surface area (Å²) in [6, 6.07) is 14.6. The highest BCUT2D eigenvalue weighted by Gasteiger charge is 2.24. The maximum atomic E-state index is 13.5. The molecule has 0 spiro atoms. The molecule has 1 aromatic heterocycles. The van der Waals surface area contributed by atoms with Gasteiger partial charge in [0.15, 0.2) is 18.5 Å². The number of imidazole rings is 1. The highest BCUT2D eigenvalue weighted by Crippen LogP contribution is 2.28. The topological polar surface area (TPSA) is 77.1 Å². The first-order valence-corrected chi connectivity index (χ1v) is 8.07. The van der Waals surface area contributed by atoms with Crippen LogP contribution in [0.2, 0.25) is 0 Å². The Hall–Kier alpha value is -3.47. The molecule has 8 heteroatoms. The number of nitriles is 1. The molecule has 0 saturated heterocycles. The van der Waals surface area contributed by atoms with Crippen LogP contribution in [0.25, 0.3) is 11.0 Å². The molecule has 1 atom stereocenters. The van der Waals surface area contributed by atoms with Gasteiger partial charge in [0.25, 0.3) is 0 Å². The number of benzene rings is 2. The Bertz CT molecular complexity index is 994. The van der Waals surface area contributed by atoms with Crippen LogP contribution in [-0.4, -0.2) is 22.1 Å². The van der Waals surface area contributed by atoms with Crippen molar-refractivity contribution in [1.82, 2.24) is 9.55 Å². The maximum Gasteiger partial charge on any atom is 0.344 e. The van der Waals surface area contributed by atoms with Gasteiger partial charge in [-0.05, 0) is 43.3 Å². The summed E-state index contributed by atoms with van der Waals surface area (Å²) < 4.78 is 38.1. The molecule has 6 nitrogen and oxygen atoms in total. The third-order valence-electron chi connectivity index (χ3n) is 3.83. The number of rotatable bonds is 6. The second-order valence-electron chi connectivity index (χ2n) is 5.66. The molecule has 27 heavy (non-hydrogen) atoms. The van der Waals surface area contributed by atoms with E-state index in [0.717, 1.165) is 4.57 Å². The first-order valence-electron chi connectivity index (χ1n) is 8.07. The van der Waals surface area contributed by atoms with E-state index < -0.39 is 25.2 Å². The van der Waals surface area contributed by atoms with Gasteiger partial charge in [-0.2, -0.15) is 14.0 Å². The Morgan fingerprint density at radius 3 is 2.59 bits per heavy atom. The van der Waals surface area contributed by atoms with Crippen LogP contribution in [0.1, 0.15) is 31.0 Å². The van der Waals surface area contributed by atoms with Crippen molar-refractivity contribution in [2.75, 3.05) is 6.61 Å². The zero-order chi connectivity index (χ0) is 19.4. The van der Waals surface area contributed by atoms with E-state index in [1.54, 1.807) is 42.5 Å². The number of carbonyl (C=O) groups excluding carboxylic acids is 1. The smallest absolute Gasteiger partial charge is 0.344 e. The zero-order valence-electron chi connectivity index (χ0n) is 14.3. The van der Waals surface area contributed by atoms with Gasteiger partial charge in [-0.3, -0.25) is 4.57 Å². The van der Waals surface area contributed by atoms with E-state index in [0.29, 0.717) is 16.8 Å². The lowest BCUT2D eigenvalue weighted by atomic mass is 10.2. The Labute approximate surface area is 153 Å². The van der Waals surface area contributed by atoms with Crippen LogP contribution in [0.3, 0.4) is 0 Å². The van der Waals surface area contributed by atoms with Gasteiger partial charge < -0.3 is 9.47 Å². The fraction of sp³-hybridized carbons (Fsp3) is 0.211. The highest BCUT2D eigenvalue weighted by atomic mass is 19.3. The Kier molecular flexibility index (Phi) is 5.31. The number of fused-ring (bicyclic) bond motifs is 1. The van der Waals surface area contributed by atoms with Crippen molar-refractivity contribution in [1.29, 1.82) is 5.26 Å². The molecule has 0 fully saturated rings. The summed E-state index contributed by atoms with van der Waals surface area (Å²) in [7, 11) is 0. The van der Waals surface area contributed by atoms with Crippen LogP contribution in [0.4, 0.5) is 8.78 Å². The van der Waals surface area contributed by atoms with Gasteiger partial charge in [0.05, 0.1) is 22.7 Å². The lowest BCUT2D eigenvalue weighted by Gasteiger charge is -2.15. The van der Waals surface area contributed by atoms with Gasteiger partial charge in [-0.1, -0.05) is 12.1 Å². The molecule has 1 heterocycles. The minimum absolute atomic E-state index is 0.0436. The summed E-state index contributed by atoms with van der Waals surface area (Å²) in [5.41, 5.74) is 1.12. The van der Waals surface area contributed by atoms with Crippen molar-refractivity contribution >= 4 is 17.0 Å². The van der Waals surface area contributed by atoms with Crippen molar-refractivity contribution in [2.45, 2.75) is 19.6 Å². The van der Waals surface area contributed by atoms with Crippen molar-refractivity contribution in [3.63, 3.8) is 0 Å². The van der Waals surface area contributed by atoms with Crippen LogP contribution in [0, 0.1) is 11.3 Å². The number of carbonyl (C=O) groups is 1. The first kappa shape index (κ1) is 18.3. The number of hydrogen-bond donors (Lipinski definition) is 0. The van der Waals surface area contributed by atoms with Crippen molar-refractivity contribution < 1.29 is 23.0 Å². The quantitative estimate of drug-likeness (QED) is 0.613. The highest BCUT2D eigenvalue weighted by molar-refractivity contribution is 5.76. The first-order chi connectivity index (χ1) is 13.0. The number of ether oxygens (including phenoxy) is 2. The molecule has 3 rings (SSSR count). The van der Waals surface area contributed by atoms with Crippen molar-refractivity contribution in [3.05, 3.63) is 59.9 Å². The number of nitrogens with zero attached hydrogens (tertiary/aromatic N) is 3. The minimum atomic E-state index is -2.82. The van der Waals surface area contributed by atoms with E-state index in [1.165, 1.54) is 13.0 Å². The number of esters is 1. The van der Waals surface area contributed by atoms with Gasteiger partial charge >= 0.3 is 12.5 Å². The number of hydrogen-bond acceptors (Lipinski definition) is 5. The Morgan fingerprint density at radius 1 is 1.22 bits per heavy atom. The molecule has 0 amide bonds. The molecule has 3 aromatic rings. The van der Waals surface area contributed by atoms with E-state index in [4.69, 9.17) is 14.7 Å². The minimum Gasteiger partial charge on any atom is -0.482 e. The van der Waals surface area contributed by atoms with Crippen LogP contribution in [-0.2, 0) is 9.53 Å². The molecule has 2 aromatic carbocycles.